The van der Waals surface area contributed by atoms with Crippen molar-refractivity contribution in [1.29, 1.82) is 0 Å². The molecule has 1 N–H and O–H groups in total. The molecule has 1 atom stereocenters. The number of phenols is 1. The zero-order valence-electron chi connectivity index (χ0n) is 12.4. The minimum absolute atomic E-state index is 0.0121. The van der Waals surface area contributed by atoms with Gasteiger partial charge in [0.15, 0.2) is 0 Å². The van der Waals surface area contributed by atoms with Gasteiger partial charge in [0.05, 0.1) is 0 Å². The average molecular weight is 263 g/mol. The Morgan fingerprint density at radius 2 is 2.05 bits per heavy atom. The van der Waals surface area contributed by atoms with E-state index in [1.807, 2.05) is 11.8 Å². The van der Waals surface area contributed by atoms with Crippen molar-refractivity contribution >= 4 is 5.91 Å². The summed E-state index contributed by atoms with van der Waals surface area (Å²) in [6, 6.07) is 5.37. The lowest BCUT2D eigenvalue weighted by atomic mass is 10.1. The van der Waals surface area contributed by atoms with E-state index >= 15 is 0 Å². The van der Waals surface area contributed by atoms with Gasteiger partial charge < -0.3 is 10.0 Å². The summed E-state index contributed by atoms with van der Waals surface area (Å²) >= 11 is 0. The minimum Gasteiger partial charge on any atom is -0.508 e. The Bertz CT molecular complexity index is 429. The smallest absolute Gasteiger partial charge is 0.254 e. The molecule has 3 nitrogen and oxygen atoms in total. The molecule has 0 radical (unpaired) electrons. The Labute approximate surface area is 116 Å². The van der Waals surface area contributed by atoms with Crippen LogP contribution in [0.25, 0.3) is 0 Å². The molecule has 0 aromatic heterocycles. The lowest BCUT2D eigenvalue weighted by molar-refractivity contribution is 0.0685. The maximum absolute atomic E-state index is 12.5. The normalized spacial score (nSPS) is 12.2. The molecule has 3 heteroatoms. The fourth-order valence-electron chi connectivity index (χ4n) is 1.98. The lowest BCUT2D eigenvalue weighted by Gasteiger charge is -2.28. The van der Waals surface area contributed by atoms with E-state index in [-0.39, 0.29) is 17.7 Å². The number of benzene rings is 1. The number of nitrogens with zero attached hydrogens (tertiary/aromatic N) is 1. The maximum Gasteiger partial charge on any atom is 0.254 e. The van der Waals surface area contributed by atoms with Crippen LogP contribution in [0, 0.1) is 6.92 Å². The molecule has 1 aromatic rings. The number of carbonyl (C=O) groups excluding carboxylic acids is 1. The molecule has 1 unspecified atom stereocenters. The summed E-state index contributed by atoms with van der Waals surface area (Å²) in [4.78, 5) is 14.4. The fourth-order valence-corrected chi connectivity index (χ4v) is 1.98. The third kappa shape index (κ3) is 3.98. The van der Waals surface area contributed by atoms with Gasteiger partial charge in [0.25, 0.3) is 5.91 Å². The number of phenolic OH excluding ortho intramolecular Hbond substituents is 1. The van der Waals surface area contributed by atoms with Crippen molar-refractivity contribution in [3.8, 4) is 5.75 Å². The topological polar surface area (TPSA) is 40.5 Å². The molecule has 0 saturated heterocycles. The van der Waals surface area contributed by atoms with E-state index < -0.39 is 0 Å². The summed E-state index contributed by atoms with van der Waals surface area (Å²) in [5.41, 5.74) is 1.36. The first kappa shape index (κ1) is 15.5. The van der Waals surface area contributed by atoms with E-state index in [0.29, 0.717) is 5.56 Å². The predicted molar refractivity (Wildman–Crippen MR) is 78.5 cm³/mol. The van der Waals surface area contributed by atoms with Gasteiger partial charge in [-0.1, -0.05) is 26.3 Å². The van der Waals surface area contributed by atoms with E-state index in [2.05, 4.69) is 20.8 Å². The van der Waals surface area contributed by atoms with Gasteiger partial charge in [-0.3, -0.25) is 4.79 Å². The average Bonchev–Trinajstić information content (AvgIpc) is 2.41. The number of rotatable bonds is 6. The Balaban J connectivity index is 2.94. The third-order valence-electron chi connectivity index (χ3n) is 3.59. The molecule has 0 bridgehead atoms. The van der Waals surface area contributed by atoms with E-state index in [1.54, 1.807) is 18.2 Å². The van der Waals surface area contributed by atoms with E-state index in [9.17, 15) is 9.90 Å². The Morgan fingerprint density at radius 3 is 2.58 bits per heavy atom. The number of unbranched alkanes of at least 4 members (excludes halogenated alkanes) is 1. The molecule has 0 fully saturated rings. The highest BCUT2D eigenvalue weighted by Gasteiger charge is 2.20. The largest absolute Gasteiger partial charge is 0.508 e. The zero-order valence-corrected chi connectivity index (χ0v) is 12.4. The summed E-state index contributed by atoms with van der Waals surface area (Å²) in [7, 11) is 0. The summed E-state index contributed by atoms with van der Waals surface area (Å²) in [6.07, 6.45) is 3.01. The molecule has 0 saturated carbocycles. The quantitative estimate of drug-likeness (QED) is 0.849. The highest BCUT2D eigenvalue weighted by molar-refractivity contribution is 5.95. The predicted octanol–water partition coefficient (Wildman–Crippen LogP) is 3.74. The molecule has 0 aliphatic rings. The van der Waals surface area contributed by atoms with Gasteiger partial charge in [-0.15, -0.1) is 0 Å². The highest BCUT2D eigenvalue weighted by Crippen LogP contribution is 2.20. The van der Waals surface area contributed by atoms with E-state index in [0.717, 1.165) is 31.4 Å². The van der Waals surface area contributed by atoms with Crippen LogP contribution in [-0.4, -0.2) is 28.5 Å². The van der Waals surface area contributed by atoms with Gasteiger partial charge in [0.2, 0.25) is 0 Å². The van der Waals surface area contributed by atoms with Crippen molar-refractivity contribution in [2.24, 2.45) is 0 Å². The molecule has 19 heavy (non-hydrogen) atoms. The molecule has 1 rings (SSSR count). The second-order valence-electron chi connectivity index (χ2n) is 5.11. The van der Waals surface area contributed by atoms with Crippen LogP contribution in [0.15, 0.2) is 18.2 Å². The molecule has 0 aliphatic carbocycles. The number of amides is 1. The third-order valence-corrected chi connectivity index (χ3v) is 3.59. The van der Waals surface area contributed by atoms with Crippen molar-refractivity contribution in [1.82, 2.24) is 4.90 Å². The first-order chi connectivity index (χ1) is 9.01. The van der Waals surface area contributed by atoms with Crippen LogP contribution in [0.2, 0.25) is 0 Å². The number of hydrogen-bond acceptors (Lipinski definition) is 2. The van der Waals surface area contributed by atoms with Crippen molar-refractivity contribution in [3.05, 3.63) is 29.3 Å². The summed E-state index contributed by atoms with van der Waals surface area (Å²) in [6.45, 7) is 8.88. The van der Waals surface area contributed by atoms with Gasteiger partial charge in [-0.2, -0.15) is 0 Å². The first-order valence-corrected chi connectivity index (χ1v) is 7.11. The van der Waals surface area contributed by atoms with Crippen LogP contribution in [-0.2, 0) is 0 Å². The van der Waals surface area contributed by atoms with Crippen molar-refractivity contribution in [2.75, 3.05) is 6.54 Å². The SMILES string of the molecule is CCCCN(C(=O)c1ccc(C)c(O)c1)C(C)CC. The molecular formula is C16H25NO2. The molecule has 106 valence electrons. The zero-order chi connectivity index (χ0) is 14.4. The van der Waals surface area contributed by atoms with E-state index in [4.69, 9.17) is 0 Å². The molecule has 1 amide bonds. The molecule has 0 aliphatic heterocycles. The molecule has 0 heterocycles. The summed E-state index contributed by atoms with van der Waals surface area (Å²) < 4.78 is 0. The van der Waals surface area contributed by atoms with Crippen molar-refractivity contribution < 1.29 is 9.90 Å². The van der Waals surface area contributed by atoms with Crippen LogP contribution in [0.5, 0.6) is 5.75 Å². The maximum atomic E-state index is 12.5. The van der Waals surface area contributed by atoms with Crippen LogP contribution < -0.4 is 0 Å². The summed E-state index contributed by atoms with van der Waals surface area (Å²) in [5.74, 6) is 0.198. The molecular weight excluding hydrogens is 238 g/mol. The van der Waals surface area contributed by atoms with E-state index in [1.165, 1.54) is 0 Å². The number of aryl methyl sites for hydroxylation is 1. The van der Waals surface area contributed by atoms with Crippen LogP contribution in [0.3, 0.4) is 0 Å². The standard InChI is InChI=1S/C16H25NO2/c1-5-7-10-17(13(4)6-2)16(19)14-9-8-12(3)15(18)11-14/h8-9,11,13,18H,5-7,10H2,1-4H3. The second-order valence-corrected chi connectivity index (χ2v) is 5.11. The number of carbonyl (C=O) groups is 1. The number of aromatic hydroxyl groups is 1. The van der Waals surface area contributed by atoms with Gasteiger partial charge in [-0.05, 0) is 44.4 Å². The Hall–Kier alpha value is -1.51. The van der Waals surface area contributed by atoms with Gasteiger partial charge in [0, 0.05) is 18.2 Å². The monoisotopic (exact) mass is 263 g/mol. The van der Waals surface area contributed by atoms with Crippen LogP contribution in [0.1, 0.15) is 56.0 Å². The second kappa shape index (κ2) is 7.17. The first-order valence-electron chi connectivity index (χ1n) is 7.11. The van der Waals surface area contributed by atoms with Crippen LogP contribution in [0.4, 0.5) is 0 Å². The molecule has 0 spiro atoms. The van der Waals surface area contributed by atoms with Gasteiger partial charge in [0.1, 0.15) is 5.75 Å². The highest BCUT2D eigenvalue weighted by atomic mass is 16.3. The van der Waals surface area contributed by atoms with Crippen molar-refractivity contribution in [3.63, 3.8) is 0 Å². The Kier molecular flexibility index (Phi) is 5.87. The van der Waals surface area contributed by atoms with Gasteiger partial charge >= 0.3 is 0 Å². The minimum atomic E-state index is 0.0121. The lowest BCUT2D eigenvalue weighted by Crippen LogP contribution is -2.39. The fraction of sp³-hybridized carbons (Fsp3) is 0.562. The Morgan fingerprint density at radius 1 is 1.37 bits per heavy atom. The summed E-state index contributed by atoms with van der Waals surface area (Å²) in [5, 5.41) is 9.73. The van der Waals surface area contributed by atoms with Gasteiger partial charge in [-0.25, -0.2) is 0 Å². The number of hydrogen-bond donors (Lipinski definition) is 1. The van der Waals surface area contributed by atoms with Crippen LogP contribution >= 0.6 is 0 Å². The van der Waals surface area contributed by atoms with Crippen molar-refractivity contribution in [2.45, 2.75) is 53.0 Å². The molecule has 1 aromatic carbocycles.